The Labute approximate surface area is 171 Å². The van der Waals surface area contributed by atoms with Crippen LogP contribution in [0.15, 0.2) is 48.5 Å². The first-order valence-corrected chi connectivity index (χ1v) is 9.73. The second-order valence-electron chi connectivity index (χ2n) is 6.19. The van der Waals surface area contributed by atoms with E-state index in [1.807, 2.05) is 24.3 Å². The molecule has 2 aromatic rings. The lowest BCUT2D eigenvalue weighted by molar-refractivity contribution is 0.0943. The largest absolute Gasteiger partial charge is 0.497 e. The molecular formula is C21H27N3O3S. The van der Waals surface area contributed by atoms with Gasteiger partial charge in [-0.25, -0.2) is 0 Å². The third kappa shape index (κ3) is 7.44. The highest BCUT2D eigenvalue weighted by atomic mass is 32.1. The Hall–Kier alpha value is -2.80. The normalized spacial score (nSPS) is 10.1. The smallest absolute Gasteiger partial charge is 0.269 e. The van der Waals surface area contributed by atoms with Gasteiger partial charge in [-0.15, -0.1) is 0 Å². The summed E-state index contributed by atoms with van der Waals surface area (Å²) in [6.07, 6.45) is 3.34. The molecule has 150 valence electrons. The van der Waals surface area contributed by atoms with E-state index in [2.05, 4.69) is 23.1 Å². The summed E-state index contributed by atoms with van der Waals surface area (Å²) in [5, 5.41) is 3.36. The maximum Gasteiger partial charge on any atom is 0.269 e. The number of rotatable bonds is 9. The molecule has 1 amide bonds. The Morgan fingerprint density at radius 3 is 2.29 bits per heavy atom. The summed E-state index contributed by atoms with van der Waals surface area (Å²) in [5.74, 6) is 1.29. The van der Waals surface area contributed by atoms with E-state index in [-0.39, 0.29) is 5.91 Å². The monoisotopic (exact) mass is 401 g/mol. The summed E-state index contributed by atoms with van der Waals surface area (Å²) in [5.41, 5.74) is 6.85. The third-order valence-electron chi connectivity index (χ3n) is 4.03. The lowest BCUT2D eigenvalue weighted by Gasteiger charge is -2.12. The van der Waals surface area contributed by atoms with Crippen molar-refractivity contribution in [1.29, 1.82) is 0 Å². The number of thiocarbonyl (C=S) groups is 1. The minimum atomic E-state index is -0.272. The standard InChI is InChI=1S/C21H27N3O3S/c1-3-4-5-14-27-19-12-8-17(9-13-19)20(25)23-24-21(28)22-15-16-6-10-18(26-2)11-7-16/h6-13H,3-5,14-15H2,1-2H3,(H,23,25)(H2,22,24,28). The number of amides is 1. The summed E-state index contributed by atoms with van der Waals surface area (Å²) in [6.45, 7) is 3.38. The molecule has 28 heavy (non-hydrogen) atoms. The summed E-state index contributed by atoms with van der Waals surface area (Å²) in [7, 11) is 1.63. The van der Waals surface area contributed by atoms with Crippen molar-refractivity contribution in [2.75, 3.05) is 13.7 Å². The van der Waals surface area contributed by atoms with E-state index in [4.69, 9.17) is 21.7 Å². The molecule has 6 nitrogen and oxygen atoms in total. The van der Waals surface area contributed by atoms with E-state index in [9.17, 15) is 4.79 Å². The molecule has 0 fully saturated rings. The van der Waals surface area contributed by atoms with Gasteiger partial charge in [0, 0.05) is 12.1 Å². The van der Waals surface area contributed by atoms with Crippen LogP contribution in [0.1, 0.15) is 42.1 Å². The van der Waals surface area contributed by atoms with Crippen LogP contribution in [0.5, 0.6) is 11.5 Å². The van der Waals surface area contributed by atoms with Crippen LogP contribution in [-0.4, -0.2) is 24.7 Å². The molecule has 0 radical (unpaired) electrons. The Morgan fingerprint density at radius 2 is 1.64 bits per heavy atom. The van der Waals surface area contributed by atoms with E-state index >= 15 is 0 Å². The molecule has 0 saturated carbocycles. The average molecular weight is 402 g/mol. The van der Waals surface area contributed by atoms with Gasteiger partial charge in [-0.2, -0.15) is 0 Å². The molecule has 0 unspecified atom stereocenters. The number of hydrazine groups is 1. The SMILES string of the molecule is CCCCCOc1ccc(C(=O)NNC(=S)NCc2ccc(OC)cc2)cc1. The van der Waals surface area contributed by atoms with E-state index in [1.165, 1.54) is 0 Å². The van der Waals surface area contributed by atoms with E-state index in [0.29, 0.717) is 23.8 Å². The van der Waals surface area contributed by atoms with Crippen LogP contribution in [0, 0.1) is 0 Å². The molecule has 0 saturated heterocycles. The molecule has 0 aliphatic rings. The zero-order valence-corrected chi connectivity index (χ0v) is 17.1. The Balaban J connectivity index is 1.70. The fraction of sp³-hybridized carbons (Fsp3) is 0.333. The van der Waals surface area contributed by atoms with E-state index < -0.39 is 0 Å². The molecule has 2 aromatic carbocycles. The van der Waals surface area contributed by atoms with Crippen molar-refractivity contribution >= 4 is 23.2 Å². The number of methoxy groups -OCH3 is 1. The number of ether oxygens (including phenoxy) is 2. The molecule has 0 aliphatic carbocycles. The first kappa shape index (κ1) is 21.5. The molecule has 0 atom stereocenters. The summed E-state index contributed by atoms with van der Waals surface area (Å²) < 4.78 is 10.8. The summed E-state index contributed by atoms with van der Waals surface area (Å²) >= 11 is 5.18. The zero-order valence-electron chi connectivity index (χ0n) is 16.3. The quantitative estimate of drug-likeness (QED) is 0.339. The predicted octanol–water partition coefficient (Wildman–Crippen LogP) is 3.57. The number of unbranched alkanes of at least 4 members (excludes halogenated alkanes) is 2. The molecule has 0 spiro atoms. The molecule has 0 bridgehead atoms. The molecule has 7 heteroatoms. The van der Waals surface area contributed by atoms with Crippen molar-refractivity contribution in [3.63, 3.8) is 0 Å². The predicted molar refractivity (Wildman–Crippen MR) is 114 cm³/mol. The minimum Gasteiger partial charge on any atom is -0.497 e. The third-order valence-corrected chi connectivity index (χ3v) is 4.28. The van der Waals surface area contributed by atoms with Gasteiger partial charge >= 0.3 is 0 Å². The Kier molecular flexibility index (Phi) is 9.07. The fourth-order valence-electron chi connectivity index (χ4n) is 2.40. The highest BCUT2D eigenvalue weighted by molar-refractivity contribution is 7.80. The van der Waals surface area contributed by atoms with Crippen molar-refractivity contribution in [2.45, 2.75) is 32.7 Å². The number of nitrogens with one attached hydrogen (secondary N) is 3. The van der Waals surface area contributed by atoms with E-state index in [0.717, 1.165) is 36.3 Å². The molecule has 2 rings (SSSR count). The highest BCUT2D eigenvalue weighted by Gasteiger charge is 2.06. The second kappa shape index (κ2) is 11.8. The van der Waals surface area contributed by atoms with Crippen molar-refractivity contribution in [1.82, 2.24) is 16.2 Å². The van der Waals surface area contributed by atoms with Crippen molar-refractivity contribution < 1.29 is 14.3 Å². The van der Waals surface area contributed by atoms with Crippen LogP contribution in [-0.2, 0) is 6.54 Å². The van der Waals surface area contributed by atoms with Gasteiger partial charge < -0.3 is 14.8 Å². The first-order chi connectivity index (χ1) is 13.6. The number of carbonyl (C=O) groups excluding carboxylic acids is 1. The lowest BCUT2D eigenvalue weighted by atomic mass is 10.2. The van der Waals surface area contributed by atoms with Crippen molar-refractivity contribution in [2.24, 2.45) is 0 Å². The van der Waals surface area contributed by atoms with Gasteiger partial charge in [0.15, 0.2) is 5.11 Å². The number of hydrogen-bond donors (Lipinski definition) is 3. The van der Waals surface area contributed by atoms with Gasteiger partial charge in [-0.3, -0.25) is 15.6 Å². The van der Waals surface area contributed by atoms with Crippen LogP contribution in [0.2, 0.25) is 0 Å². The lowest BCUT2D eigenvalue weighted by Crippen LogP contribution is -2.46. The number of hydrogen-bond acceptors (Lipinski definition) is 4. The van der Waals surface area contributed by atoms with Crippen LogP contribution in [0.3, 0.4) is 0 Å². The summed E-state index contributed by atoms with van der Waals surface area (Å²) in [4.78, 5) is 12.2. The van der Waals surface area contributed by atoms with Gasteiger partial charge in [-0.05, 0) is 60.6 Å². The molecule has 0 aromatic heterocycles. The molecule has 3 N–H and O–H groups in total. The maximum atomic E-state index is 12.2. The highest BCUT2D eigenvalue weighted by Crippen LogP contribution is 2.13. The first-order valence-electron chi connectivity index (χ1n) is 9.32. The topological polar surface area (TPSA) is 71.6 Å². The van der Waals surface area contributed by atoms with E-state index in [1.54, 1.807) is 31.4 Å². The van der Waals surface area contributed by atoms with Crippen molar-refractivity contribution in [3.8, 4) is 11.5 Å². The van der Waals surface area contributed by atoms with Gasteiger partial charge in [0.1, 0.15) is 11.5 Å². The van der Waals surface area contributed by atoms with Crippen LogP contribution >= 0.6 is 12.2 Å². The van der Waals surface area contributed by atoms with Crippen LogP contribution < -0.4 is 25.6 Å². The Morgan fingerprint density at radius 1 is 0.964 bits per heavy atom. The molecule has 0 aliphatic heterocycles. The maximum absolute atomic E-state index is 12.2. The van der Waals surface area contributed by atoms with Crippen molar-refractivity contribution in [3.05, 3.63) is 59.7 Å². The number of benzene rings is 2. The number of carbonyl (C=O) groups is 1. The van der Waals surface area contributed by atoms with Gasteiger partial charge in [-0.1, -0.05) is 31.9 Å². The second-order valence-corrected chi connectivity index (χ2v) is 6.60. The zero-order chi connectivity index (χ0) is 20.2. The summed E-state index contributed by atoms with van der Waals surface area (Å²) in [6, 6.07) is 14.7. The van der Waals surface area contributed by atoms with Gasteiger partial charge in [0.25, 0.3) is 5.91 Å². The molecule has 0 heterocycles. The van der Waals surface area contributed by atoms with Crippen LogP contribution in [0.25, 0.3) is 0 Å². The Bertz CT molecular complexity index is 748. The van der Waals surface area contributed by atoms with Crippen LogP contribution in [0.4, 0.5) is 0 Å². The molecular weight excluding hydrogens is 374 g/mol. The average Bonchev–Trinajstić information content (AvgIpc) is 2.74. The minimum absolute atomic E-state index is 0.272. The fourth-order valence-corrected chi connectivity index (χ4v) is 2.52. The van der Waals surface area contributed by atoms with Gasteiger partial charge in [0.2, 0.25) is 0 Å². The van der Waals surface area contributed by atoms with Gasteiger partial charge in [0.05, 0.1) is 13.7 Å².